The molecule has 0 spiro atoms. The molecule has 0 aliphatic rings. The van der Waals surface area contributed by atoms with Crippen LogP contribution in [0.1, 0.15) is 38.2 Å². The summed E-state index contributed by atoms with van der Waals surface area (Å²) < 4.78 is 2.04. The molecule has 6 rings (SSSR count). The Hall–Kier alpha value is -4.24. The predicted molar refractivity (Wildman–Crippen MR) is 175 cm³/mol. The Kier molecular flexibility index (Phi) is 8.98. The number of carbonyl (C=O) groups excluding carboxylic acids is 1. The highest BCUT2D eigenvalue weighted by Gasteiger charge is 2.21. The fourth-order valence-corrected chi connectivity index (χ4v) is 6.80. The summed E-state index contributed by atoms with van der Waals surface area (Å²) >= 11 is 9.55. The van der Waals surface area contributed by atoms with Crippen LogP contribution >= 0.6 is 34.7 Å². The molecule has 2 aromatic heterocycles. The van der Waals surface area contributed by atoms with Crippen LogP contribution < -0.4 is 5.32 Å². The second kappa shape index (κ2) is 13.4. The number of aryl methyl sites for hydroxylation is 1. The SMILES string of the molecule is Cc1ccccc1-n1c(SCc2nc(C(=O)NC(Cc3ccccc3)c3ccccc3)cs2)nnc1-c1ccccc1Cl. The van der Waals surface area contributed by atoms with E-state index in [9.17, 15) is 4.79 Å². The van der Waals surface area contributed by atoms with Crippen LogP contribution in [0.3, 0.4) is 0 Å². The topological polar surface area (TPSA) is 72.7 Å². The van der Waals surface area contributed by atoms with E-state index in [2.05, 4.69) is 45.6 Å². The van der Waals surface area contributed by atoms with Gasteiger partial charge < -0.3 is 5.32 Å². The minimum atomic E-state index is -0.193. The molecule has 0 fully saturated rings. The van der Waals surface area contributed by atoms with E-state index in [1.807, 2.05) is 101 Å². The molecule has 1 N–H and O–H groups in total. The number of hydrogen-bond acceptors (Lipinski definition) is 6. The maximum absolute atomic E-state index is 13.4. The Morgan fingerprint density at radius 2 is 1.60 bits per heavy atom. The van der Waals surface area contributed by atoms with E-state index in [0.29, 0.717) is 28.7 Å². The number of hydrogen-bond donors (Lipinski definition) is 1. The molecule has 43 heavy (non-hydrogen) atoms. The summed E-state index contributed by atoms with van der Waals surface area (Å²) in [5, 5.41) is 16.2. The lowest BCUT2D eigenvalue weighted by molar-refractivity contribution is 0.0932. The average Bonchev–Trinajstić information content (AvgIpc) is 3.69. The molecular formula is C34H28ClN5OS2. The molecule has 0 radical (unpaired) electrons. The Bertz CT molecular complexity index is 1840. The van der Waals surface area contributed by atoms with Crippen LogP contribution in [-0.2, 0) is 12.2 Å². The molecule has 0 saturated heterocycles. The summed E-state index contributed by atoms with van der Waals surface area (Å²) in [7, 11) is 0. The summed E-state index contributed by atoms with van der Waals surface area (Å²) in [6, 6.07) is 35.8. The molecule has 4 aromatic carbocycles. The number of aromatic nitrogens is 4. The maximum atomic E-state index is 13.4. The molecule has 2 heterocycles. The van der Waals surface area contributed by atoms with Gasteiger partial charge >= 0.3 is 0 Å². The normalized spacial score (nSPS) is 11.8. The molecule has 0 bridgehead atoms. The van der Waals surface area contributed by atoms with Crippen LogP contribution in [0.5, 0.6) is 0 Å². The number of rotatable bonds is 10. The number of nitrogens with zero attached hydrogens (tertiary/aromatic N) is 4. The first-order chi connectivity index (χ1) is 21.1. The van der Waals surface area contributed by atoms with Crippen molar-refractivity contribution < 1.29 is 4.79 Å². The van der Waals surface area contributed by atoms with Crippen LogP contribution in [0.4, 0.5) is 0 Å². The van der Waals surface area contributed by atoms with E-state index in [0.717, 1.165) is 38.1 Å². The van der Waals surface area contributed by atoms with Crippen LogP contribution in [0.25, 0.3) is 17.1 Å². The molecule has 214 valence electrons. The number of nitrogens with one attached hydrogen (secondary N) is 1. The lowest BCUT2D eigenvalue weighted by atomic mass is 9.99. The number of halogens is 1. The van der Waals surface area contributed by atoms with E-state index in [-0.39, 0.29) is 11.9 Å². The van der Waals surface area contributed by atoms with Crippen LogP contribution in [0.15, 0.2) is 120 Å². The molecule has 0 aliphatic carbocycles. The highest BCUT2D eigenvalue weighted by molar-refractivity contribution is 7.98. The van der Waals surface area contributed by atoms with Crippen LogP contribution in [0, 0.1) is 6.92 Å². The summed E-state index contributed by atoms with van der Waals surface area (Å²) in [5.74, 6) is 1.02. The second-order valence-electron chi connectivity index (χ2n) is 9.95. The van der Waals surface area contributed by atoms with E-state index in [1.54, 1.807) is 0 Å². The van der Waals surface area contributed by atoms with Gasteiger partial charge in [0.15, 0.2) is 11.0 Å². The molecule has 0 saturated carbocycles. The molecule has 9 heteroatoms. The third kappa shape index (κ3) is 6.72. The summed E-state index contributed by atoms with van der Waals surface area (Å²) in [6.45, 7) is 2.06. The van der Waals surface area contributed by atoms with Gasteiger partial charge in [-0.15, -0.1) is 21.5 Å². The van der Waals surface area contributed by atoms with Crippen molar-refractivity contribution in [3.63, 3.8) is 0 Å². The Morgan fingerprint density at radius 3 is 2.37 bits per heavy atom. The Labute approximate surface area is 263 Å². The second-order valence-corrected chi connectivity index (χ2v) is 12.2. The van der Waals surface area contributed by atoms with Gasteiger partial charge in [0.2, 0.25) is 0 Å². The molecule has 6 nitrogen and oxygen atoms in total. The van der Waals surface area contributed by atoms with E-state index >= 15 is 0 Å². The van der Waals surface area contributed by atoms with E-state index < -0.39 is 0 Å². The van der Waals surface area contributed by atoms with Gasteiger partial charge in [-0.25, -0.2) is 4.98 Å². The van der Waals surface area contributed by atoms with Crippen LogP contribution in [-0.4, -0.2) is 25.7 Å². The van der Waals surface area contributed by atoms with E-state index in [4.69, 9.17) is 11.6 Å². The summed E-state index contributed by atoms with van der Waals surface area (Å²) in [5.41, 5.74) is 5.50. The Morgan fingerprint density at radius 1 is 0.907 bits per heavy atom. The van der Waals surface area contributed by atoms with Gasteiger partial charge in [0, 0.05) is 10.9 Å². The zero-order valence-electron chi connectivity index (χ0n) is 23.4. The average molecular weight is 622 g/mol. The highest BCUT2D eigenvalue weighted by Crippen LogP contribution is 2.34. The van der Waals surface area contributed by atoms with Crippen molar-refractivity contribution in [2.24, 2.45) is 0 Å². The van der Waals surface area contributed by atoms with Gasteiger partial charge in [0.25, 0.3) is 5.91 Å². The molecule has 6 aromatic rings. The maximum Gasteiger partial charge on any atom is 0.271 e. The number of benzene rings is 4. The van der Waals surface area contributed by atoms with Crippen LogP contribution in [0.2, 0.25) is 5.02 Å². The third-order valence-corrected chi connectivity index (χ3v) is 9.30. The first-order valence-electron chi connectivity index (χ1n) is 13.8. The number of carbonyl (C=O) groups is 1. The van der Waals surface area contributed by atoms with Crippen molar-refractivity contribution in [1.29, 1.82) is 0 Å². The molecule has 0 aliphatic heterocycles. The number of amides is 1. The fraction of sp³-hybridized carbons (Fsp3) is 0.118. The Balaban J connectivity index is 1.21. The van der Waals surface area contributed by atoms with Crippen molar-refractivity contribution >= 4 is 40.6 Å². The lowest BCUT2D eigenvalue weighted by Gasteiger charge is -2.19. The first-order valence-corrected chi connectivity index (χ1v) is 16.0. The monoisotopic (exact) mass is 621 g/mol. The highest BCUT2D eigenvalue weighted by atomic mass is 35.5. The van der Waals surface area contributed by atoms with E-state index in [1.165, 1.54) is 23.1 Å². The molecule has 1 amide bonds. The van der Waals surface area contributed by atoms with Gasteiger partial charge in [-0.1, -0.05) is 114 Å². The standard InChI is InChI=1S/C34H28ClN5OS2/c1-23-12-8-11-19-30(23)40-32(26-17-9-10-18-27(26)35)38-39-34(40)43-22-31-36-29(21-42-31)33(41)37-28(25-15-6-3-7-16-25)20-24-13-4-2-5-14-24/h2-19,21,28H,20,22H2,1H3,(H,37,41). The molecule has 1 atom stereocenters. The number of para-hydroxylation sites is 1. The van der Waals surface area contributed by atoms with Crippen molar-refractivity contribution in [3.8, 4) is 17.1 Å². The number of thioether (sulfide) groups is 1. The number of thiazole rings is 1. The smallest absolute Gasteiger partial charge is 0.271 e. The minimum Gasteiger partial charge on any atom is -0.344 e. The lowest BCUT2D eigenvalue weighted by Crippen LogP contribution is -2.30. The van der Waals surface area contributed by atoms with Crippen molar-refractivity contribution in [1.82, 2.24) is 25.1 Å². The van der Waals surface area contributed by atoms with Gasteiger partial charge in [0.05, 0.1) is 22.5 Å². The zero-order chi connectivity index (χ0) is 29.6. The molecule has 1 unspecified atom stereocenters. The predicted octanol–water partition coefficient (Wildman–Crippen LogP) is 8.36. The van der Waals surface area contributed by atoms with Crippen molar-refractivity contribution in [2.45, 2.75) is 30.3 Å². The van der Waals surface area contributed by atoms with Crippen molar-refractivity contribution in [3.05, 3.63) is 147 Å². The van der Waals surface area contributed by atoms with Gasteiger partial charge in [-0.3, -0.25) is 9.36 Å². The van der Waals surface area contributed by atoms with Crippen molar-refractivity contribution in [2.75, 3.05) is 0 Å². The first kappa shape index (κ1) is 28.9. The largest absolute Gasteiger partial charge is 0.344 e. The van der Waals surface area contributed by atoms with Gasteiger partial charge in [0.1, 0.15) is 10.7 Å². The van der Waals surface area contributed by atoms with Gasteiger partial charge in [-0.05, 0) is 48.2 Å². The zero-order valence-corrected chi connectivity index (χ0v) is 25.7. The minimum absolute atomic E-state index is 0.175. The third-order valence-electron chi connectivity index (χ3n) is 7.00. The fourth-order valence-electron chi connectivity index (χ4n) is 4.84. The quantitative estimate of drug-likeness (QED) is 0.156. The summed E-state index contributed by atoms with van der Waals surface area (Å²) in [4.78, 5) is 18.0. The van der Waals surface area contributed by atoms with Gasteiger partial charge in [-0.2, -0.15) is 0 Å². The summed E-state index contributed by atoms with van der Waals surface area (Å²) in [6.07, 6.45) is 0.686. The molecular weight excluding hydrogens is 594 g/mol.